The van der Waals surface area contributed by atoms with Crippen LogP contribution in [-0.4, -0.2) is 48.3 Å². The summed E-state index contributed by atoms with van der Waals surface area (Å²) in [4.78, 5) is 6.76. The number of hydrogen-bond donors (Lipinski definition) is 1. The van der Waals surface area contributed by atoms with E-state index in [1.54, 1.807) is 18.4 Å². The number of aliphatic hydroxyl groups excluding tert-OH is 1. The molecule has 1 aromatic carbocycles. The van der Waals surface area contributed by atoms with Crippen molar-refractivity contribution in [3.63, 3.8) is 0 Å². The fraction of sp³-hybridized carbons (Fsp3) is 0.500. The standard InChI is InChI=1S/C18H24N2O3S/c1-12-4-5-16(22-3)14(8-12)15(21)9-20-6-7-23-17(10-20)18-19-13(2)11-24-18/h4-5,8,11,15,17,21H,6-7,9-10H2,1-3H3/t15-,17-/m0/s1. The van der Waals surface area contributed by atoms with Crippen molar-refractivity contribution in [3.05, 3.63) is 45.4 Å². The lowest BCUT2D eigenvalue weighted by atomic mass is 10.0. The lowest BCUT2D eigenvalue weighted by molar-refractivity contribution is -0.0426. The first-order valence-electron chi connectivity index (χ1n) is 8.15. The number of hydrogen-bond acceptors (Lipinski definition) is 6. The maximum Gasteiger partial charge on any atom is 0.124 e. The van der Waals surface area contributed by atoms with Crippen LogP contribution >= 0.6 is 11.3 Å². The molecule has 1 saturated heterocycles. The van der Waals surface area contributed by atoms with Gasteiger partial charge < -0.3 is 14.6 Å². The highest BCUT2D eigenvalue weighted by molar-refractivity contribution is 7.09. The van der Waals surface area contributed by atoms with Gasteiger partial charge in [0.2, 0.25) is 0 Å². The van der Waals surface area contributed by atoms with E-state index in [0.717, 1.165) is 40.7 Å². The number of morpholine rings is 1. The van der Waals surface area contributed by atoms with Gasteiger partial charge in [0.05, 0.1) is 19.8 Å². The smallest absolute Gasteiger partial charge is 0.124 e. The minimum atomic E-state index is -0.586. The van der Waals surface area contributed by atoms with E-state index in [1.807, 2.05) is 37.4 Å². The van der Waals surface area contributed by atoms with Crippen molar-refractivity contribution >= 4 is 11.3 Å². The molecule has 0 bridgehead atoms. The van der Waals surface area contributed by atoms with E-state index in [0.29, 0.717) is 13.2 Å². The highest BCUT2D eigenvalue weighted by atomic mass is 32.1. The Morgan fingerprint density at radius 1 is 1.46 bits per heavy atom. The number of ether oxygens (including phenoxy) is 2. The number of β-amino-alcohol motifs (C(OH)–C–C–N with tert-alkyl or cyclic N) is 1. The van der Waals surface area contributed by atoms with Crippen molar-refractivity contribution in [2.75, 3.05) is 33.4 Å². The van der Waals surface area contributed by atoms with Crippen LogP contribution in [0.25, 0.3) is 0 Å². The van der Waals surface area contributed by atoms with Crippen molar-refractivity contribution in [1.29, 1.82) is 0 Å². The van der Waals surface area contributed by atoms with E-state index in [2.05, 4.69) is 9.88 Å². The molecule has 0 unspecified atom stereocenters. The van der Waals surface area contributed by atoms with Crippen molar-refractivity contribution in [2.24, 2.45) is 0 Å². The molecule has 2 atom stereocenters. The summed E-state index contributed by atoms with van der Waals surface area (Å²) in [6.07, 6.45) is -0.597. The summed E-state index contributed by atoms with van der Waals surface area (Å²) in [6, 6.07) is 5.89. The average Bonchev–Trinajstić information content (AvgIpc) is 3.01. The van der Waals surface area contributed by atoms with Gasteiger partial charge >= 0.3 is 0 Å². The molecular formula is C18H24N2O3S. The summed E-state index contributed by atoms with van der Waals surface area (Å²) in [7, 11) is 1.64. The largest absolute Gasteiger partial charge is 0.496 e. The average molecular weight is 348 g/mol. The molecule has 1 aliphatic heterocycles. The van der Waals surface area contributed by atoms with Crippen LogP contribution in [0.15, 0.2) is 23.6 Å². The second-order valence-corrected chi connectivity index (χ2v) is 7.10. The maximum absolute atomic E-state index is 10.7. The molecule has 6 heteroatoms. The van der Waals surface area contributed by atoms with E-state index < -0.39 is 6.10 Å². The zero-order chi connectivity index (χ0) is 17.1. The Kier molecular flexibility index (Phi) is 5.50. The molecule has 1 aromatic heterocycles. The number of benzene rings is 1. The van der Waals surface area contributed by atoms with Crippen LogP contribution in [0, 0.1) is 13.8 Å². The molecule has 2 aromatic rings. The Morgan fingerprint density at radius 3 is 3.00 bits per heavy atom. The van der Waals surface area contributed by atoms with Gasteiger partial charge in [0.1, 0.15) is 16.9 Å². The molecule has 0 spiro atoms. The van der Waals surface area contributed by atoms with Crippen LogP contribution < -0.4 is 4.74 Å². The van der Waals surface area contributed by atoms with Crippen molar-refractivity contribution in [3.8, 4) is 5.75 Å². The molecule has 130 valence electrons. The van der Waals surface area contributed by atoms with Crippen molar-refractivity contribution in [2.45, 2.75) is 26.1 Å². The topological polar surface area (TPSA) is 54.8 Å². The highest BCUT2D eigenvalue weighted by Crippen LogP contribution is 2.29. The third-order valence-electron chi connectivity index (χ3n) is 4.24. The van der Waals surface area contributed by atoms with Crippen molar-refractivity contribution < 1.29 is 14.6 Å². The predicted molar refractivity (Wildman–Crippen MR) is 94.7 cm³/mol. The summed E-state index contributed by atoms with van der Waals surface area (Å²) in [5.41, 5.74) is 2.98. The molecule has 1 aliphatic rings. The molecule has 1 fully saturated rings. The first kappa shape index (κ1) is 17.4. The Morgan fingerprint density at radius 2 is 2.29 bits per heavy atom. The van der Waals surface area contributed by atoms with Crippen LogP contribution in [0.5, 0.6) is 5.75 Å². The maximum atomic E-state index is 10.7. The van der Waals surface area contributed by atoms with Gasteiger partial charge in [-0.2, -0.15) is 0 Å². The van der Waals surface area contributed by atoms with Gasteiger partial charge in [0.25, 0.3) is 0 Å². The molecule has 1 N–H and O–H groups in total. The Balaban J connectivity index is 1.68. The second-order valence-electron chi connectivity index (χ2n) is 6.21. The lowest BCUT2D eigenvalue weighted by Gasteiger charge is -2.33. The first-order valence-corrected chi connectivity index (χ1v) is 9.03. The Labute approximate surface area is 146 Å². The van der Waals surface area contributed by atoms with Gasteiger partial charge in [0.15, 0.2) is 0 Å². The predicted octanol–water partition coefficient (Wildman–Crippen LogP) is 2.88. The van der Waals surface area contributed by atoms with E-state index in [1.165, 1.54) is 0 Å². The number of aliphatic hydroxyl groups is 1. The molecule has 0 radical (unpaired) electrons. The fourth-order valence-corrected chi connectivity index (χ4v) is 3.83. The van der Waals surface area contributed by atoms with E-state index in [-0.39, 0.29) is 6.10 Å². The molecule has 0 aliphatic carbocycles. The first-order chi connectivity index (χ1) is 11.6. The Hall–Kier alpha value is -1.47. The number of thiazole rings is 1. The second kappa shape index (κ2) is 7.61. The van der Waals surface area contributed by atoms with Crippen LogP contribution in [-0.2, 0) is 4.74 Å². The van der Waals surface area contributed by atoms with Gasteiger partial charge in [-0.25, -0.2) is 4.98 Å². The van der Waals surface area contributed by atoms with Gasteiger partial charge in [-0.1, -0.05) is 11.6 Å². The minimum absolute atomic E-state index is 0.0101. The molecule has 24 heavy (non-hydrogen) atoms. The molecule has 5 nitrogen and oxygen atoms in total. The van der Waals surface area contributed by atoms with Crippen LogP contribution in [0.1, 0.15) is 34.0 Å². The van der Waals surface area contributed by atoms with Gasteiger partial charge in [-0.05, 0) is 26.0 Å². The number of aryl methyl sites for hydroxylation is 2. The summed E-state index contributed by atoms with van der Waals surface area (Å²) in [5, 5.41) is 13.8. The van der Waals surface area contributed by atoms with E-state index in [9.17, 15) is 5.11 Å². The summed E-state index contributed by atoms with van der Waals surface area (Å²) in [5.74, 6) is 0.730. The molecule has 2 heterocycles. The van der Waals surface area contributed by atoms with Gasteiger partial charge in [-0.15, -0.1) is 11.3 Å². The van der Waals surface area contributed by atoms with Crippen LogP contribution in [0.2, 0.25) is 0 Å². The summed E-state index contributed by atoms with van der Waals surface area (Å²) < 4.78 is 11.3. The lowest BCUT2D eigenvalue weighted by Crippen LogP contribution is -2.40. The number of aromatic nitrogens is 1. The van der Waals surface area contributed by atoms with E-state index in [4.69, 9.17) is 9.47 Å². The number of nitrogens with zero attached hydrogens (tertiary/aromatic N) is 2. The van der Waals surface area contributed by atoms with Crippen LogP contribution in [0.3, 0.4) is 0 Å². The summed E-state index contributed by atoms with van der Waals surface area (Å²) in [6.45, 7) is 6.79. The highest BCUT2D eigenvalue weighted by Gasteiger charge is 2.26. The molecular weight excluding hydrogens is 324 g/mol. The van der Waals surface area contributed by atoms with Crippen LogP contribution in [0.4, 0.5) is 0 Å². The third kappa shape index (κ3) is 3.95. The third-order valence-corrected chi connectivity index (χ3v) is 5.29. The SMILES string of the molecule is COc1ccc(C)cc1[C@@H](O)CN1CCO[C@H](c2nc(C)cs2)C1. The summed E-state index contributed by atoms with van der Waals surface area (Å²) >= 11 is 1.64. The zero-order valence-corrected chi connectivity index (χ0v) is 15.2. The number of methoxy groups -OCH3 is 1. The normalized spacial score (nSPS) is 20.1. The minimum Gasteiger partial charge on any atom is -0.496 e. The van der Waals surface area contributed by atoms with E-state index >= 15 is 0 Å². The zero-order valence-electron chi connectivity index (χ0n) is 14.4. The number of rotatable bonds is 5. The monoisotopic (exact) mass is 348 g/mol. The quantitative estimate of drug-likeness (QED) is 0.900. The molecule has 0 amide bonds. The molecule has 0 saturated carbocycles. The van der Waals surface area contributed by atoms with Gasteiger partial charge in [-0.3, -0.25) is 4.90 Å². The van der Waals surface area contributed by atoms with Crippen molar-refractivity contribution in [1.82, 2.24) is 9.88 Å². The fourth-order valence-electron chi connectivity index (χ4n) is 2.99. The molecule has 3 rings (SSSR count). The van der Waals surface area contributed by atoms with Gasteiger partial charge in [0, 0.05) is 36.3 Å². The Bertz CT molecular complexity index is 689.